The molecule has 0 aromatic carbocycles. The van der Waals surface area contributed by atoms with Crippen LogP contribution in [0.5, 0.6) is 0 Å². The zero-order valence-corrected chi connectivity index (χ0v) is 10.3. The van der Waals surface area contributed by atoms with E-state index in [1.165, 1.54) is 31.2 Å². The highest BCUT2D eigenvalue weighted by Gasteiger charge is 2.16. The van der Waals surface area contributed by atoms with E-state index in [1.807, 2.05) is 18.5 Å². The predicted molar refractivity (Wildman–Crippen MR) is 65.9 cm³/mol. The lowest BCUT2D eigenvalue weighted by molar-refractivity contribution is 0.298. The molecule has 1 aromatic rings. The topological polar surface area (TPSA) is 12.9 Å². The van der Waals surface area contributed by atoms with Gasteiger partial charge >= 0.3 is 0 Å². The van der Waals surface area contributed by atoms with Gasteiger partial charge < -0.3 is 0 Å². The van der Waals surface area contributed by atoms with Gasteiger partial charge in [-0.05, 0) is 36.3 Å². The van der Waals surface area contributed by atoms with Crippen LogP contribution in [-0.2, 0) is 6.42 Å². The van der Waals surface area contributed by atoms with Crippen molar-refractivity contribution >= 4 is 0 Å². The highest BCUT2D eigenvalue weighted by molar-refractivity contribution is 5.08. The summed E-state index contributed by atoms with van der Waals surface area (Å²) in [5.74, 6) is 0. The standard InChI is InChI=1S/C14H23N/c1-4-5-9-14(2,3)10-8-13-7-6-11-15-12-13/h6-7,11-12H,4-5,8-10H2,1-3H3. The Balaban J connectivity index is 2.35. The fourth-order valence-corrected chi connectivity index (χ4v) is 1.81. The molecule has 1 aromatic heterocycles. The van der Waals surface area contributed by atoms with Crippen LogP contribution in [0.1, 0.15) is 52.0 Å². The Kier molecular flexibility index (Phi) is 4.80. The minimum atomic E-state index is 0.478. The summed E-state index contributed by atoms with van der Waals surface area (Å²) in [6.07, 6.45) is 10.2. The second-order valence-corrected chi connectivity index (χ2v) is 5.13. The third-order valence-corrected chi connectivity index (χ3v) is 3.02. The van der Waals surface area contributed by atoms with E-state index >= 15 is 0 Å². The highest BCUT2D eigenvalue weighted by Crippen LogP contribution is 2.28. The molecule has 0 aliphatic carbocycles. The van der Waals surface area contributed by atoms with E-state index in [9.17, 15) is 0 Å². The molecule has 0 saturated carbocycles. The quantitative estimate of drug-likeness (QED) is 0.677. The van der Waals surface area contributed by atoms with E-state index in [0.29, 0.717) is 5.41 Å². The van der Waals surface area contributed by atoms with Crippen molar-refractivity contribution in [3.63, 3.8) is 0 Å². The van der Waals surface area contributed by atoms with Crippen molar-refractivity contribution in [3.05, 3.63) is 30.1 Å². The lowest BCUT2D eigenvalue weighted by Gasteiger charge is -2.24. The van der Waals surface area contributed by atoms with Crippen LogP contribution in [0, 0.1) is 5.41 Å². The first-order valence-corrected chi connectivity index (χ1v) is 6.03. The van der Waals surface area contributed by atoms with Gasteiger partial charge in [0.25, 0.3) is 0 Å². The van der Waals surface area contributed by atoms with Crippen LogP contribution in [-0.4, -0.2) is 4.98 Å². The van der Waals surface area contributed by atoms with Crippen molar-refractivity contribution in [1.29, 1.82) is 0 Å². The summed E-state index contributed by atoms with van der Waals surface area (Å²) in [6.45, 7) is 7.01. The Morgan fingerprint density at radius 2 is 2.07 bits per heavy atom. The summed E-state index contributed by atoms with van der Waals surface area (Å²) in [4.78, 5) is 4.15. The van der Waals surface area contributed by atoms with E-state index in [2.05, 4.69) is 31.8 Å². The molecular weight excluding hydrogens is 182 g/mol. The monoisotopic (exact) mass is 205 g/mol. The third-order valence-electron chi connectivity index (χ3n) is 3.02. The molecule has 1 heteroatoms. The fourth-order valence-electron chi connectivity index (χ4n) is 1.81. The Labute approximate surface area is 93.9 Å². The molecule has 0 saturated heterocycles. The molecule has 0 unspecified atom stereocenters. The molecule has 84 valence electrons. The van der Waals surface area contributed by atoms with Crippen molar-refractivity contribution in [3.8, 4) is 0 Å². The summed E-state index contributed by atoms with van der Waals surface area (Å²) in [6, 6.07) is 4.19. The van der Waals surface area contributed by atoms with Gasteiger partial charge in [0.2, 0.25) is 0 Å². The average molecular weight is 205 g/mol. The number of aromatic nitrogens is 1. The number of nitrogens with zero attached hydrogens (tertiary/aromatic N) is 1. The van der Waals surface area contributed by atoms with E-state index in [4.69, 9.17) is 0 Å². The van der Waals surface area contributed by atoms with Crippen molar-refractivity contribution < 1.29 is 0 Å². The zero-order chi connectivity index (χ0) is 11.1. The average Bonchev–Trinajstić information content (AvgIpc) is 2.25. The van der Waals surface area contributed by atoms with E-state index in [0.717, 1.165) is 6.42 Å². The van der Waals surface area contributed by atoms with Gasteiger partial charge in [-0.15, -0.1) is 0 Å². The third kappa shape index (κ3) is 4.96. The van der Waals surface area contributed by atoms with E-state index in [1.54, 1.807) is 0 Å². The molecule has 0 aliphatic heterocycles. The molecule has 0 bridgehead atoms. The minimum Gasteiger partial charge on any atom is -0.264 e. The predicted octanol–water partition coefficient (Wildman–Crippen LogP) is 4.23. The maximum atomic E-state index is 4.15. The number of pyridine rings is 1. The fraction of sp³-hybridized carbons (Fsp3) is 0.643. The normalized spacial score (nSPS) is 11.7. The van der Waals surface area contributed by atoms with Gasteiger partial charge in [-0.25, -0.2) is 0 Å². The lowest BCUT2D eigenvalue weighted by Crippen LogP contribution is -2.12. The van der Waals surface area contributed by atoms with Gasteiger partial charge in [0, 0.05) is 12.4 Å². The second kappa shape index (κ2) is 5.89. The van der Waals surface area contributed by atoms with Gasteiger partial charge in [0.05, 0.1) is 0 Å². The number of aryl methyl sites for hydroxylation is 1. The number of hydrogen-bond donors (Lipinski definition) is 0. The van der Waals surface area contributed by atoms with Crippen LogP contribution in [0.3, 0.4) is 0 Å². The van der Waals surface area contributed by atoms with Crippen LogP contribution in [0.15, 0.2) is 24.5 Å². The van der Waals surface area contributed by atoms with Crippen LogP contribution in [0.4, 0.5) is 0 Å². The Bertz CT molecular complexity index is 264. The summed E-state index contributed by atoms with van der Waals surface area (Å²) < 4.78 is 0. The minimum absolute atomic E-state index is 0.478. The molecular formula is C14H23N. The van der Waals surface area contributed by atoms with Gasteiger partial charge in [0.1, 0.15) is 0 Å². The molecule has 0 fully saturated rings. The van der Waals surface area contributed by atoms with E-state index < -0.39 is 0 Å². The van der Waals surface area contributed by atoms with Crippen LogP contribution in [0.25, 0.3) is 0 Å². The Morgan fingerprint density at radius 3 is 2.67 bits per heavy atom. The molecule has 1 nitrogen and oxygen atoms in total. The van der Waals surface area contributed by atoms with E-state index in [-0.39, 0.29) is 0 Å². The second-order valence-electron chi connectivity index (χ2n) is 5.13. The molecule has 0 aliphatic rings. The maximum absolute atomic E-state index is 4.15. The van der Waals surface area contributed by atoms with Gasteiger partial charge in [-0.1, -0.05) is 39.7 Å². The molecule has 0 N–H and O–H groups in total. The van der Waals surface area contributed by atoms with Crippen molar-refractivity contribution in [2.24, 2.45) is 5.41 Å². The van der Waals surface area contributed by atoms with Gasteiger partial charge in [0.15, 0.2) is 0 Å². The Hall–Kier alpha value is -0.850. The first-order chi connectivity index (χ1) is 7.14. The molecule has 1 rings (SSSR count). The summed E-state index contributed by atoms with van der Waals surface area (Å²) in [5, 5.41) is 0. The molecule has 0 radical (unpaired) electrons. The Morgan fingerprint density at radius 1 is 1.27 bits per heavy atom. The van der Waals surface area contributed by atoms with Crippen molar-refractivity contribution in [2.45, 2.75) is 52.9 Å². The van der Waals surface area contributed by atoms with Crippen LogP contribution >= 0.6 is 0 Å². The van der Waals surface area contributed by atoms with Crippen LogP contribution in [0.2, 0.25) is 0 Å². The maximum Gasteiger partial charge on any atom is 0.0299 e. The molecule has 0 atom stereocenters. The molecule has 1 heterocycles. The lowest BCUT2D eigenvalue weighted by atomic mass is 9.82. The first kappa shape index (κ1) is 12.2. The van der Waals surface area contributed by atoms with Crippen molar-refractivity contribution in [2.75, 3.05) is 0 Å². The smallest absolute Gasteiger partial charge is 0.0299 e. The molecule has 15 heavy (non-hydrogen) atoms. The number of unbranched alkanes of at least 4 members (excludes halogenated alkanes) is 1. The SMILES string of the molecule is CCCCC(C)(C)CCc1cccnc1. The first-order valence-electron chi connectivity index (χ1n) is 6.03. The number of hydrogen-bond acceptors (Lipinski definition) is 1. The largest absolute Gasteiger partial charge is 0.264 e. The summed E-state index contributed by atoms with van der Waals surface area (Å²) >= 11 is 0. The molecule has 0 spiro atoms. The van der Waals surface area contributed by atoms with Gasteiger partial charge in [-0.3, -0.25) is 4.98 Å². The number of rotatable bonds is 6. The zero-order valence-electron chi connectivity index (χ0n) is 10.3. The summed E-state index contributed by atoms with van der Waals surface area (Å²) in [7, 11) is 0. The highest BCUT2D eigenvalue weighted by atomic mass is 14.6. The van der Waals surface area contributed by atoms with Crippen LogP contribution < -0.4 is 0 Å². The summed E-state index contributed by atoms with van der Waals surface area (Å²) in [5.41, 5.74) is 1.84. The van der Waals surface area contributed by atoms with Gasteiger partial charge in [-0.2, -0.15) is 0 Å². The van der Waals surface area contributed by atoms with Crippen molar-refractivity contribution in [1.82, 2.24) is 4.98 Å². The molecule has 0 amide bonds.